The summed E-state index contributed by atoms with van der Waals surface area (Å²) in [6.45, 7) is 2.70. The van der Waals surface area contributed by atoms with Crippen molar-refractivity contribution in [3.63, 3.8) is 0 Å². The Labute approximate surface area is 174 Å². The summed E-state index contributed by atoms with van der Waals surface area (Å²) in [6, 6.07) is 15.7. The Morgan fingerprint density at radius 3 is 2.17 bits per heavy atom. The van der Waals surface area contributed by atoms with Crippen LogP contribution in [0.3, 0.4) is 0 Å². The number of carbonyl (C=O) groups excluding carboxylic acids is 4. The van der Waals surface area contributed by atoms with Gasteiger partial charge in [0.05, 0.1) is 0 Å². The highest BCUT2D eigenvalue weighted by Gasteiger charge is 2.47. The van der Waals surface area contributed by atoms with Gasteiger partial charge in [0.25, 0.3) is 5.91 Å². The fourth-order valence-corrected chi connectivity index (χ4v) is 3.28. The number of hydrogen-bond acceptors (Lipinski definition) is 4. The average Bonchev–Trinajstić information content (AvgIpc) is 2.92. The largest absolute Gasteiger partial charge is 0.326 e. The lowest BCUT2D eigenvalue weighted by molar-refractivity contribution is -0.133. The molecule has 0 unspecified atom stereocenters. The van der Waals surface area contributed by atoms with Crippen LogP contribution >= 0.6 is 0 Å². The Bertz CT molecular complexity index is 959. The average molecular weight is 408 g/mol. The first kappa shape index (κ1) is 21.0. The van der Waals surface area contributed by atoms with Crippen LogP contribution in [0.25, 0.3) is 0 Å². The van der Waals surface area contributed by atoms with Crippen molar-refractivity contribution in [1.29, 1.82) is 0 Å². The van der Waals surface area contributed by atoms with Gasteiger partial charge in [0, 0.05) is 18.3 Å². The number of hydrogen-bond donors (Lipinski definition) is 3. The van der Waals surface area contributed by atoms with E-state index in [-0.39, 0.29) is 12.5 Å². The van der Waals surface area contributed by atoms with Crippen LogP contribution in [-0.4, -0.2) is 40.7 Å². The van der Waals surface area contributed by atoms with Crippen LogP contribution in [0.4, 0.5) is 16.2 Å². The van der Waals surface area contributed by atoms with E-state index in [0.717, 1.165) is 10.5 Å². The van der Waals surface area contributed by atoms with Crippen molar-refractivity contribution in [1.82, 2.24) is 10.2 Å². The maximum absolute atomic E-state index is 12.8. The minimum absolute atomic E-state index is 0.194. The molecule has 0 aliphatic carbocycles. The third kappa shape index (κ3) is 5.02. The van der Waals surface area contributed by atoms with Crippen LogP contribution in [-0.2, 0) is 20.8 Å². The third-order valence-electron chi connectivity index (χ3n) is 4.89. The van der Waals surface area contributed by atoms with Gasteiger partial charge in [-0.15, -0.1) is 0 Å². The van der Waals surface area contributed by atoms with E-state index in [1.807, 2.05) is 30.3 Å². The van der Waals surface area contributed by atoms with Gasteiger partial charge in [0.1, 0.15) is 12.1 Å². The molecule has 1 heterocycles. The number of amides is 5. The number of anilines is 2. The van der Waals surface area contributed by atoms with Gasteiger partial charge < -0.3 is 16.0 Å². The summed E-state index contributed by atoms with van der Waals surface area (Å²) in [5, 5.41) is 7.99. The van der Waals surface area contributed by atoms with Gasteiger partial charge in [0.2, 0.25) is 11.8 Å². The molecule has 30 heavy (non-hydrogen) atoms. The van der Waals surface area contributed by atoms with Crippen LogP contribution in [0.5, 0.6) is 0 Å². The van der Waals surface area contributed by atoms with Crippen LogP contribution in [0, 0.1) is 0 Å². The minimum Gasteiger partial charge on any atom is -0.326 e. The second kappa shape index (κ2) is 8.77. The molecule has 3 N–H and O–H groups in total. The molecular formula is C22H24N4O4. The second-order valence-electron chi connectivity index (χ2n) is 7.45. The maximum Gasteiger partial charge on any atom is 0.325 e. The molecule has 8 nitrogen and oxygen atoms in total. The third-order valence-corrected chi connectivity index (χ3v) is 4.89. The minimum atomic E-state index is -1.05. The zero-order chi connectivity index (χ0) is 21.7. The number of rotatable bonds is 7. The highest BCUT2D eigenvalue weighted by Crippen LogP contribution is 2.23. The summed E-state index contributed by atoms with van der Waals surface area (Å²) in [5.74, 6) is -1.10. The number of imide groups is 1. The zero-order valence-electron chi connectivity index (χ0n) is 16.9. The van der Waals surface area contributed by atoms with Gasteiger partial charge >= 0.3 is 6.03 Å². The lowest BCUT2D eigenvalue weighted by atomic mass is 9.93. The van der Waals surface area contributed by atoms with Crippen LogP contribution in [0.1, 0.15) is 25.8 Å². The molecule has 0 spiro atoms. The number of urea groups is 1. The van der Waals surface area contributed by atoms with Crippen LogP contribution < -0.4 is 16.0 Å². The molecule has 1 aliphatic heterocycles. The molecule has 8 heteroatoms. The topological polar surface area (TPSA) is 108 Å². The van der Waals surface area contributed by atoms with Crippen molar-refractivity contribution < 1.29 is 19.2 Å². The SMILES string of the molecule is CC(=O)Nc1ccc(NC(=O)CN2C(=O)N[C@@](C)(CCc3ccccc3)C2=O)cc1. The Morgan fingerprint density at radius 1 is 0.967 bits per heavy atom. The predicted molar refractivity (Wildman–Crippen MR) is 113 cm³/mol. The molecule has 2 aromatic carbocycles. The van der Waals surface area contributed by atoms with Gasteiger partial charge in [-0.3, -0.25) is 19.3 Å². The van der Waals surface area contributed by atoms with E-state index in [1.165, 1.54) is 6.92 Å². The van der Waals surface area contributed by atoms with Gasteiger partial charge in [-0.2, -0.15) is 0 Å². The van der Waals surface area contributed by atoms with Crippen molar-refractivity contribution in [3.8, 4) is 0 Å². The molecule has 2 aromatic rings. The Morgan fingerprint density at radius 2 is 1.57 bits per heavy atom. The van der Waals surface area contributed by atoms with Crippen LogP contribution in [0.2, 0.25) is 0 Å². The first-order valence-electron chi connectivity index (χ1n) is 9.62. The standard InChI is InChI=1S/C22H24N4O4/c1-15(27)23-17-8-10-18(11-9-17)24-19(28)14-26-20(29)22(2,25-21(26)30)13-12-16-6-4-3-5-7-16/h3-11H,12-14H2,1-2H3,(H,23,27)(H,24,28)(H,25,30)/t22-/m0/s1. The van der Waals surface area contributed by atoms with Gasteiger partial charge in [-0.25, -0.2) is 4.79 Å². The normalized spacial score (nSPS) is 18.1. The van der Waals surface area contributed by atoms with Crippen molar-refractivity contribution in [2.75, 3.05) is 17.2 Å². The molecule has 0 bridgehead atoms. The van der Waals surface area contributed by atoms with Gasteiger partial charge in [-0.05, 0) is 49.6 Å². The molecule has 1 fully saturated rings. The monoisotopic (exact) mass is 408 g/mol. The molecule has 0 radical (unpaired) electrons. The van der Waals surface area contributed by atoms with E-state index in [4.69, 9.17) is 0 Å². The van der Waals surface area contributed by atoms with E-state index in [1.54, 1.807) is 31.2 Å². The highest BCUT2D eigenvalue weighted by molar-refractivity contribution is 6.10. The summed E-state index contributed by atoms with van der Waals surface area (Å²) < 4.78 is 0. The summed E-state index contributed by atoms with van der Waals surface area (Å²) in [6.07, 6.45) is 1.06. The van der Waals surface area contributed by atoms with Gasteiger partial charge in [-0.1, -0.05) is 30.3 Å². The summed E-state index contributed by atoms with van der Waals surface area (Å²) >= 11 is 0. The molecule has 1 saturated heterocycles. The fraction of sp³-hybridized carbons (Fsp3) is 0.273. The lowest BCUT2D eigenvalue weighted by Crippen LogP contribution is -2.45. The Hall–Kier alpha value is -3.68. The molecule has 0 saturated carbocycles. The second-order valence-corrected chi connectivity index (χ2v) is 7.45. The van der Waals surface area contributed by atoms with Crippen molar-refractivity contribution >= 4 is 35.1 Å². The smallest absolute Gasteiger partial charge is 0.325 e. The number of nitrogens with zero attached hydrogens (tertiary/aromatic N) is 1. The molecule has 5 amide bonds. The number of aryl methyl sites for hydroxylation is 1. The molecule has 0 aromatic heterocycles. The van der Waals surface area contributed by atoms with Crippen LogP contribution in [0.15, 0.2) is 54.6 Å². The molecule has 3 rings (SSSR count). The van der Waals surface area contributed by atoms with E-state index < -0.39 is 23.4 Å². The van der Waals surface area contributed by atoms with Crippen molar-refractivity contribution in [2.45, 2.75) is 32.2 Å². The zero-order valence-corrected chi connectivity index (χ0v) is 16.9. The summed E-state index contributed by atoms with van der Waals surface area (Å²) in [7, 11) is 0. The first-order chi connectivity index (χ1) is 14.3. The van der Waals surface area contributed by atoms with E-state index in [9.17, 15) is 19.2 Å². The number of nitrogens with one attached hydrogen (secondary N) is 3. The summed E-state index contributed by atoms with van der Waals surface area (Å²) in [4.78, 5) is 49.5. The van der Waals surface area contributed by atoms with E-state index in [2.05, 4.69) is 16.0 Å². The quantitative estimate of drug-likeness (QED) is 0.612. The number of carbonyl (C=O) groups is 4. The van der Waals surface area contributed by atoms with Crippen molar-refractivity contribution in [3.05, 3.63) is 60.2 Å². The highest BCUT2D eigenvalue weighted by atomic mass is 16.2. The lowest BCUT2D eigenvalue weighted by Gasteiger charge is -2.21. The first-order valence-corrected chi connectivity index (χ1v) is 9.62. The van der Waals surface area contributed by atoms with Crippen molar-refractivity contribution in [2.24, 2.45) is 0 Å². The predicted octanol–water partition coefficient (Wildman–Crippen LogP) is 2.53. The Balaban J connectivity index is 1.57. The molecule has 1 aliphatic rings. The Kier molecular flexibility index (Phi) is 6.15. The van der Waals surface area contributed by atoms with E-state index >= 15 is 0 Å². The maximum atomic E-state index is 12.8. The molecular weight excluding hydrogens is 384 g/mol. The van der Waals surface area contributed by atoms with Gasteiger partial charge in [0.15, 0.2) is 0 Å². The molecule has 156 valence electrons. The molecule has 1 atom stereocenters. The van der Waals surface area contributed by atoms with E-state index in [0.29, 0.717) is 24.2 Å². The summed E-state index contributed by atoms with van der Waals surface area (Å²) in [5.41, 5.74) is 1.11. The number of benzene rings is 2. The fourth-order valence-electron chi connectivity index (χ4n) is 3.28.